The number of aromatic nitrogens is 3. The van der Waals surface area contributed by atoms with Gasteiger partial charge in [-0.3, -0.25) is 4.79 Å². The highest BCUT2D eigenvalue weighted by molar-refractivity contribution is 5.96. The van der Waals surface area contributed by atoms with Crippen molar-refractivity contribution in [2.45, 2.75) is 12.5 Å². The normalized spacial score (nSPS) is 11.8. The first-order valence-electron chi connectivity index (χ1n) is 5.69. The Morgan fingerprint density at radius 1 is 1.50 bits per heavy atom. The minimum Gasteiger partial charge on any atom is -0.480 e. The van der Waals surface area contributed by atoms with Crippen LogP contribution in [0.5, 0.6) is 0 Å². The summed E-state index contributed by atoms with van der Waals surface area (Å²) in [6, 6.07) is 1.43. The van der Waals surface area contributed by atoms with Gasteiger partial charge in [-0.25, -0.2) is 14.8 Å². The predicted octanol–water partition coefficient (Wildman–Crippen LogP) is 0.369. The molecule has 2 aromatic heterocycles. The molecule has 0 bridgehead atoms. The number of rotatable bonds is 5. The van der Waals surface area contributed by atoms with Gasteiger partial charge in [-0.2, -0.15) is 4.39 Å². The highest BCUT2D eigenvalue weighted by Crippen LogP contribution is 2.05. The molecule has 2 aromatic rings. The van der Waals surface area contributed by atoms with Gasteiger partial charge in [-0.15, -0.1) is 0 Å². The molecule has 0 fully saturated rings. The Morgan fingerprint density at radius 3 is 2.90 bits per heavy atom. The molecule has 0 aliphatic carbocycles. The minimum atomic E-state index is -1.22. The number of aromatic amines is 1. The number of pyridine rings is 1. The number of nitrogens with zero attached hydrogens (tertiary/aromatic N) is 2. The molecule has 2 heterocycles. The van der Waals surface area contributed by atoms with E-state index in [4.69, 9.17) is 5.11 Å². The lowest BCUT2D eigenvalue weighted by atomic mass is 10.1. The van der Waals surface area contributed by atoms with Crippen LogP contribution < -0.4 is 5.32 Å². The van der Waals surface area contributed by atoms with Crippen molar-refractivity contribution in [3.05, 3.63) is 48.1 Å². The van der Waals surface area contributed by atoms with Crippen LogP contribution in [-0.4, -0.2) is 38.0 Å². The van der Waals surface area contributed by atoms with Gasteiger partial charge >= 0.3 is 5.97 Å². The summed E-state index contributed by atoms with van der Waals surface area (Å²) in [6.07, 6.45) is 4.07. The van der Waals surface area contributed by atoms with E-state index in [0.29, 0.717) is 5.69 Å². The minimum absolute atomic E-state index is 0.0168. The van der Waals surface area contributed by atoms with Crippen LogP contribution in [0, 0.1) is 5.95 Å². The summed E-state index contributed by atoms with van der Waals surface area (Å²) in [5.74, 6) is -3.00. The van der Waals surface area contributed by atoms with Gasteiger partial charge in [-0.05, 0) is 12.1 Å². The van der Waals surface area contributed by atoms with Crippen molar-refractivity contribution in [2.24, 2.45) is 0 Å². The molecule has 0 saturated heterocycles. The maximum atomic E-state index is 13.3. The Hall–Kier alpha value is -2.77. The van der Waals surface area contributed by atoms with Crippen LogP contribution in [0.15, 0.2) is 30.9 Å². The molecule has 0 aliphatic heterocycles. The lowest BCUT2D eigenvalue weighted by Gasteiger charge is -2.13. The van der Waals surface area contributed by atoms with E-state index in [2.05, 4.69) is 20.3 Å². The third-order valence-corrected chi connectivity index (χ3v) is 2.59. The fourth-order valence-electron chi connectivity index (χ4n) is 1.61. The standard InChI is InChI=1S/C12H11FN4O3/c13-10-8(2-1-3-15-10)11(18)17-9(12(19)20)4-7-5-14-6-16-7/h1-3,5-6,9H,4H2,(H,14,16)(H,17,18)(H,19,20)/t9-/m0/s1. The summed E-state index contributed by atoms with van der Waals surface area (Å²) in [5.41, 5.74) is 0.243. The van der Waals surface area contributed by atoms with E-state index in [0.717, 1.165) is 0 Å². The third kappa shape index (κ3) is 3.16. The fourth-order valence-corrected chi connectivity index (χ4v) is 1.61. The number of imidazole rings is 1. The van der Waals surface area contributed by atoms with Crippen LogP contribution >= 0.6 is 0 Å². The summed E-state index contributed by atoms with van der Waals surface area (Å²) in [6.45, 7) is 0. The smallest absolute Gasteiger partial charge is 0.326 e. The molecule has 104 valence electrons. The second-order valence-corrected chi connectivity index (χ2v) is 3.99. The van der Waals surface area contributed by atoms with Crippen molar-refractivity contribution in [1.82, 2.24) is 20.3 Å². The van der Waals surface area contributed by atoms with E-state index in [1.165, 1.54) is 30.9 Å². The summed E-state index contributed by atoms with van der Waals surface area (Å²) in [7, 11) is 0. The van der Waals surface area contributed by atoms with Crippen molar-refractivity contribution in [1.29, 1.82) is 0 Å². The number of hydrogen-bond acceptors (Lipinski definition) is 4. The molecular formula is C12H11FN4O3. The zero-order valence-electron chi connectivity index (χ0n) is 10.2. The van der Waals surface area contributed by atoms with Gasteiger partial charge in [0.05, 0.1) is 11.9 Å². The van der Waals surface area contributed by atoms with Crippen LogP contribution in [0.3, 0.4) is 0 Å². The summed E-state index contributed by atoms with van der Waals surface area (Å²) >= 11 is 0. The van der Waals surface area contributed by atoms with Gasteiger partial charge in [0.1, 0.15) is 6.04 Å². The van der Waals surface area contributed by atoms with Gasteiger partial charge in [0.2, 0.25) is 5.95 Å². The van der Waals surface area contributed by atoms with Gasteiger partial charge in [0, 0.05) is 24.5 Å². The Bertz CT molecular complexity index is 615. The fraction of sp³-hybridized carbons (Fsp3) is 0.167. The first-order valence-corrected chi connectivity index (χ1v) is 5.69. The SMILES string of the molecule is O=C(N[C@@H](Cc1cnc[nH]1)C(=O)O)c1cccnc1F. The van der Waals surface area contributed by atoms with E-state index in [-0.39, 0.29) is 12.0 Å². The molecule has 7 nitrogen and oxygen atoms in total. The number of carboxylic acids is 1. The number of H-pyrrole nitrogens is 1. The van der Waals surface area contributed by atoms with Gasteiger partial charge in [0.15, 0.2) is 0 Å². The molecule has 0 saturated carbocycles. The zero-order valence-corrected chi connectivity index (χ0v) is 10.2. The number of carboxylic acid groups (broad SMARTS) is 1. The Morgan fingerprint density at radius 2 is 2.30 bits per heavy atom. The van der Waals surface area contributed by atoms with Crippen LogP contribution in [0.4, 0.5) is 4.39 Å². The lowest BCUT2D eigenvalue weighted by Crippen LogP contribution is -2.42. The third-order valence-electron chi connectivity index (χ3n) is 2.59. The summed E-state index contributed by atoms with van der Waals surface area (Å²) in [5, 5.41) is 11.3. The number of nitrogens with one attached hydrogen (secondary N) is 2. The molecule has 8 heteroatoms. The Balaban J connectivity index is 2.10. The molecule has 0 aromatic carbocycles. The van der Waals surface area contributed by atoms with Crippen molar-refractivity contribution < 1.29 is 19.1 Å². The Labute approximate surface area is 112 Å². The molecule has 0 spiro atoms. The van der Waals surface area contributed by atoms with E-state index >= 15 is 0 Å². The predicted molar refractivity (Wildman–Crippen MR) is 65.4 cm³/mol. The van der Waals surface area contributed by atoms with Crippen LogP contribution in [0.1, 0.15) is 16.1 Å². The average Bonchev–Trinajstić information content (AvgIpc) is 2.91. The second-order valence-electron chi connectivity index (χ2n) is 3.99. The number of carbonyl (C=O) groups excluding carboxylic acids is 1. The first kappa shape index (κ1) is 13.7. The number of halogens is 1. The van der Waals surface area contributed by atoms with Gasteiger partial charge in [-0.1, -0.05) is 0 Å². The molecule has 3 N–H and O–H groups in total. The topological polar surface area (TPSA) is 108 Å². The van der Waals surface area contributed by atoms with Gasteiger partial charge in [0.25, 0.3) is 5.91 Å². The number of aliphatic carboxylic acids is 1. The van der Waals surface area contributed by atoms with E-state index in [1.54, 1.807) is 0 Å². The number of carbonyl (C=O) groups is 2. The van der Waals surface area contributed by atoms with E-state index in [1.807, 2.05) is 0 Å². The highest BCUT2D eigenvalue weighted by atomic mass is 19.1. The molecule has 0 radical (unpaired) electrons. The Kier molecular flexibility index (Phi) is 4.04. The van der Waals surface area contributed by atoms with Crippen LogP contribution in [0.25, 0.3) is 0 Å². The summed E-state index contributed by atoms with van der Waals surface area (Å²) in [4.78, 5) is 32.8. The van der Waals surface area contributed by atoms with Crippen molar-refractivity contribution in [2.75, 3.05) is 0 Å². The first-order chi connectivity index (χ1) is 9.58. The molecular weight excluding hydrogens is 267 g/mol. The number of hydrogen-bond donors (Lipinski definition) is 3. The second kappa shape index (κ2) is 5.91. The van der Waals surface area contributed by atoms with Crippen molar-refractivity contribution in [3.63, 3.8) is 0 Å². The van der Waals surface area contributed by atoms with Crippen molar-refractivity contribution >= 4 is 11.9 Å². The molecule has 0 aliphatic rings. The molecule has 0 unspecified atom stereocenters. The lowest BCUT2D eigenvalue weighted by molar-refractivity contribution is -0.139. The molecule has 2 rings (SSSR count). The van der Waals surface area contributed by atoms with E-state index < -0.39 is 23.9 Å². The van der Waals surface area contributed by atoms with Crippen LogP contribution in [0.2, 0.25) is 0 Å². The largest absolute Gasteiger partial charge is 0.480 e. The maximum absolute atomic E-state index is 13.3. The summed E-state index contributed by atoms with van der Waals surface area (Å²) < 4.78 is 13.3. The average molecular weight is 278 g/mol. The molecule has 20 heavy (non-hydrogen) atoms. The monoisotopic (exact) mass is 278 g/mol. The van der Waals surface area contributed by atoms with Gasteiger partial charge < -0.3 is 15.4 Å². The quantitative estimate of drug-likeness (QED) is 0.685. The number of amides is 1. The van der Waals surface area contributed by atoms with E-state index in [9.17, 15) is 14.0 Å². The molecule has 1 atom stereocenters. The zero-order chi connectivity index (χ0) is 14.5. The van der Waals surface area contributed by atoms with Crippen LogP contribution in [-0.2, 0) is 11.2 Å². The highest BCUT2D eigenvalue weighted by Gasteiger charge is 2.23. The molecule has 1 amide bonds. The van der Waals surface area contributed by atoms with Crippen molar-refractivity contribution in [3.8, 4) is 0 Å². The maximum Gasteiger partial charge on any atom is 0.326 e.